The normalized spacial score (nSPS) is 12.2. The van der Waals surface area contributed by atoms with Crippen LogP contribution in [0.3, 0.4) is 0 Å². The van der Waals surface area contributed by atoms with Crippen molar-refractivity contribution in [2.45, 2.75) is 33.2 Å². The standard InChI is InChI=1S/C18H25N3/c1-6-17(19-4)18-8-7-15(12-20-18)21(5)16-10-13(2)9-14(3)11-16/h7-12,17,19H,6H2,1-5H3. The SMILES string of the molecule is CCC(NC)c1ccc(N(C)c2cc(C)cc(C)c2)cn1. The summed E-state index contributed by atoms with van der Waals surface area (Å²) >= 11 is 0. The molecule has 3 heteroatoms. The summed E-state index contributed by atoms with van der Waals surface area (Å²) < 4.78 is 0. The Morgan fingerprint density at radius 1 is 1.10 bits per heavy atom. The van der Waals surface area contributed by atoms with Crippen molar-refractivity contribution >= 4 is 11.4 Å². The molecule has 0 spiro atoms. The minimum Gasteiger partial charge on any atom is -0.343 e. The molecule has 0 aliphatic carbocycles. The third-order valence-corrected chi connectivity index (χ3v) is 3.87. The summed E-state index contributed by atoms with van der Waals surface area (Å²) in [5.41, 5.74) is 5.96. The van der Waals surface area contributed by atoms with E-state index in [0.717, 1.165) is 17.8 Å². The summed E-state index contributed by atoms with van der Waals surface area (Å²) in [7, 11) is 4.06. The lowest BCUT2D eigenvalue weighted by atomic mass is 10.1. The summed E-state index contributed by atoms with van der Waals surface area (Å²) in [6.45, 7) is 6.42. The average molecular weight is 283 g/mol. The van der Waals surface area contributed by atoms with Crippen LogP contribution in [-0.2, 0) is 0 Å². The molecule has 2 aromatic rings. The van der Waals surface area contributed by atoms with Gasteiger partial charge in [0, 0.05) is 18.8 Å². The van der Waals surface area contributed by atoms with Gasteiger partial charge in [0.2, 0.25) is 0 Å². The lowest BCUT2D eigenvalue weighted by molar-refractivity contribution is 0.562. The third kappa shape index (κ3) is 3.61. The molecular weight excluding hydrogens is 258 g/mol. The molecule has 0 bridgehead atoms. The minimum atomic E-state index is 0.325. The minimum absolute atomic E-state index is 0.325. The summed E-state index contributed by atoms with van der Waals surface area (Å²) in [5, 5.41) is 3.29. The van der Waals surface area contributed by atoms with Gasteiger partial charge in [-0.05, 0) is 62.7 Å². The first-order valence-electron chi connectivity index (χ1n) is 7.50. The van der Waals surface area contributed by atoms with Gasteiger partial charge in [-0.1, -0.05) is 13.0 Å². The van der Waals surface area contributed by atoms with E-state index in [0.29, 0.717) is 6.04 Å². The molecule has 0 aliphatic heterocycles. The van der Waals surface area contributed by atoms with Crippen molar-refractivity contribution in [1.82, 2.24) is 10.3 Å². The summed E-state index contributed by atoms with van der Waals surface area (Å²) in [6, 6.07) is 11.2. The molecule has 0 saturated heterocycles. The highest BCUT2D eigenvalue weighted by molar-refractivity contribution is 5.63. The zero-order valence-electron chi connectivity index (χ0n) is 13.6. The highest BCUT2D eigenvalue weighted by Crippen LogP contribution is 2.26. The summed E-state index contributed by atoms with van der Waals surface area (Å²) in [5.74, 6) is 0. The lowest BCUT2D eigenvalue weighted by Crippen LogP contribution is -2.17. The number of nitrogens with one attached hydrogen (secondary N) is 1. The second kappa shape index (κ2) is 6.72. The highest BCUT2D eigenvalue weighted by atomic mass is 15.1. The molecule has 0 fully saturated rings. The number of pyridine rings is 1. The smallest absolute Gasteiger partial charge is 0.0594 e. The second-order valence-corrected chi connectivity index (χ2v) is 5.60. The van der Waals surface area contributed by atoms with E-state index >= 15 is 0 Å². The first-order valence-corrected chi connectivity index (χ1v) is 7.50. The Morgan fingerprint density at radius 2 is 1.76 bits per heavy atom. The molecule has 2 rings (SSSR count). The summed E-state index contributed by atoms with van der Waals surface area (Å²) in [6.07, 6.45) is 2.99. The number of anilines is 2. The largest absolute Gasteiger partial charge is 0.343 e. The van der Waals surface area contributed by atoms with E-state index in [-0.39, 0.29) is 0 Å². The number of hydrogen-bond donors (Lipinski definition) is 1. The van der Waals surface area contributed by atoms with Crippen LogP contribution >= 0.6 is 0 Å². The Morgan fingerprint density at radius 3 is 2.24 bits per heavy atom. The van der Waals surface area contributed by atoms with E-state index in [4.69, 9.17) is 0 Å². The molecule has 1 heterocycles. The van der Waals surface area contributed by atoms with Crippen molar-refractivity contribution in [2.75, 3.05) is 19.0 Å². The van der Waals surface area contributed by atoms with E-state index in [9.17, 15) is 0 Å². The zero-order chi connectivity index (χ0) is 15.4. The molecule has 1 unspecified atom stereocenters. The van der Waals surface area contributed by atoms with Crippen molar-refractivity contribution in [1.29, 1.82) is 0 Å². The van der Waals surface area contributed by atoms with Gasteiger partial charge in [-0.15, -0.1) is 0 Å². The number of aryl methyl sites for hydroxylation is 2. The van der Waals surface area contributed by atoms with Crippen molar-refractivity contribution in [2.24, 2.45) is 0 Å². The first kappa shape index (κ1) is 15.5. The van der Waals surface area contributed by atoms with Crippen LogP contribution in [-0.4, -0.2) is 19.1 Å². The Labute approximate surface area is 128 Å². The van der Waals surface area contributed by atoms with Gasteiger partial charge in [-0.2, -0.15) is 0 Å². The first-order chi connectivity index (χ1) is 10.0. The van der Waals surface area contributed by atoms with Gasteiger partial charge in [0.1, 0.15) is 0 Å². The zero-order valence-corrected chi connectivity index (χ0v) is 13.6. The maximum absolute atomic E-state index is 4.61. The van der Waals surface area contributed by atoms with Gasteiger partial charge in [-0.3, -0.25) is 4.98 Å². The van der Waals surface area contributed by atoms with Crippen LogP contribution in [0.25, 0.3) is 0 Å². The molecule has 1 aromatic carbocycles. The second-order valence-electron chi connectivity index (χ2n) is 5.60. The molecule has 0 amide bonds. The van der Waals surface area contributed by atoms with Crippen molar-refractivity contribution in [3.63, 3.8) is 0 Å². The van der Waals surface area contributed by atoms with Crippen LogP contribution in [0.2, 0.25) is 0 Å². The Bertz CT molecular complexity index is 566. The van der Waals surface area contributed by atoms with Crippen LogP contribution in [0.1, 0.15) is 36.2 Å². The molecular formula is C18H25N3. The van der Waals surface area contributed by atoms with Gasteiger partial charge in [0.05, 0.1) is 17.6 Å². The van der Waals surface area contributed by atoms with Gasteiger partial charge in [0.15, 0.2) is 0 Å². The quantitative estimate of drug-likeness (QED) is 0.894. The van der Waals surface area contributed by atoms with Gasteiger partial charge in [-0.25, -0.2) is 0 Å². The Hall–Kier alpha value is -1.87. The van der Waals surface area contributed by atoms with Crippen molar-refractivity contribution in [3.8, 4) is 0 Å². The molecule has 21 heavy (non-hydrogen) atoms. The van der Waals surface area contributed by atoms with E-state index in [2.05, 4.69) is 73.4 Å². The molecule has 112 valence electrons. The molecule has 1 N–H and O–H groups in total. The summed E-state index contributed by atoms with van der Waals surface area (Å²) in [4.78, 5) is 6.79. The van der Waals surface area contributed by atoms with Crippen LogP contribution in [0.5, 0.6) is 0 Å². The maximum Gasteiger partial charge on any atom is 0.0594 e. The van der Waals surface area contributed by atoms with Gasteiger partial charge in [0.25, 0.3) is 0 Å². The molecule has 0 aliphatic rings. The molecule has 0 saturated carbocycles. The molecule has 1 aromatic heterocycles. The number of nitrogens with zero attached hydrogens (tertiary/aromatic N) is 2. The van der Waals surface area contributed by atoms with E-state index < -0.39 is 0 Å². The van der Waals surface area contributed by atoms with Crippen LogP contribution in [0.15, 0.2) is 36.5 Å². The fourth-order valence-corrected chi connectivity index (χ4v) is 2.66. The lowest BCUT2D eigenvalue weighted by Gasteiger charge is -2.21. The Balaban J connectivity index is 2.25. The average Bonchev–Trinajstić information content (AvgIpc) is 2.47. The Kier molecular flexibility index (Phi) is 4.97. The topological polar surface area (TPSA) is 28.2 Å². The molecule has 1 atom stereocenters. The predicted octanol–water partition coefficient (Wildman–Crippen LogP) is 4.14. The third-order valence-electron chi connectivity index (χ3n) is 3.87. The van der Waals surface area contributed by atoms with Crippen LogP contribution in [0.4, 0.5) is 11.4 Å². The van der Waals surface area contributed by atoms with Gasteiger partial charge < -0.3 is 10.2 Å². The van der Waals surface area contributed by atoms with E-state index in [1.54, 1.807) is 0 Å². The van der Waals surface area contributed by atoms with Crippen molar-refractivity contribution in [3.05, 3.63) is 53.3 Å². The number of rotatable bonds is 5. The van der Waals surface area contributed by atoms with E-state index in [1.807, 2.05) is 13.2 Å². The number of aromatic nitrogens is 1. The van der Waals surface area contributed by atoms with Crippen molar-refractivity contribution < 1.29 is 0 Å². The molecule has 0 radical (unpaired) electrons. The predicted molar refractivity (Wildman–Crippen MR) is 90.3 cm³/mol. The number of hydrogen-bond acceptors (Lipinski definition) is 3. The fourth-order valence-electron chi connectivity index (χ4n) is 2.66. The van der Waals surface area contributed by atoms with Gasteiger partial charge >= 0.3 is 0 Å². The van der Waals surface area contributed by atoms with Crippen LogP contribution in [0, 0.1) is 13.8 Å². The van der Waals surface area contributed by atoms with E-state index in [1.165, 1.54) is 16.8 Å². The maximum atomic E-state index is 4.61. The van der Waals surface area contributed by atoms with Crippen LogP contribution < -0.4 is 10.2 Å². The highest BCUT2D eigenvalue weighted by Gasteiger charge is 2.10. The monoisotopic (exact) mass is 283 g/mol. The fraction of sp³-hybridized carbons (Fsp3) is 0.389. The molecule has 3 nitrogen and oxygen atoms in total. The number of benzene rings is 1.